The summed E-state index contributed by atoms with van der Waals surface area (Å²) in [7, 11) is 0. The summed E-state index contributed by atoms with van der Waals surface area (Å²) in [6.07, 6.45) is 10.6. The predicted molar refractivity (Wildman–Crippen MR) is 183 cm³/mol. The van der Waals surface area contributed by atoms with Crippen LogP contribution in [0, 0.1) is 40.4 Å². The Kier molecular flexibility index (Phi) is 8.82. The van der Waals surface area contributed by atoms with Crippen molar-refractivity contribution in [2.24, 2.45) is 50.7 Å². The molecule has 9 atom stereocenters. The Bertz CT molecular complexity index is 1690. The zero-order chi connectivity index (χ0) is 34.6. The molecule has 1 aliphatic heterocycles. The van der Waals surface area contributed by atoms with Crippen LogP contribution >= 0.6 is 0 Å². The highest BCUT2D eigenvalue weighted by Gasteiger charge is 2.74. The molecule has 0 spiro atoms. The van der Waals surface area contributed by atoms with E-state index in [4.69, 9.17) is 4.74 Å². The van der Waals surface area contributed by atoms with E-state index < -0.39 is 39.9 Å². The summed E-state index contributed by atoms with van der Waals surface area (Å²) in [5.41, 5.74) is -4.06. The Morgan fingerprint density at radius 1 is 0.938 bits per heavy atom. The van der Waals surface area contributed by atoms with Gasteiger partial charge in [0, 0.05) is 18.8 Å². The number of carbonyl (C=O) groups excluding carboxylic acids is 1. The van der Waals surface area contributed by atoms with E-state index in [1.165, 1.54) is 35.2 Å². The number of fused-ring (bicyclic) bond motifs is 8. The third-order valence-electron chi connectivity index (χ3n) is 13.5. The maximum atomic E-state index is 15.0. The molecule has 3 aliphatic carbocycles. The van der Waals surface area contributed by atoms with E-state index in [0.717, 1.165) is 32.1 Å². The van der Waals surface area contributed by atoms with Crippen LogP contribution in [0.25, 0.3) is 5.69 Å². The van der Waals surface area contributed by atoms with E-state index in [9.17, 15) is 20.0 Å². The second kappa shape index (κ2) is 12.4. The highest BCUT2D eigenvalue weighted by atomic mass is 16.5. The highest BCUT2D eigenvalue weighted by Crippen LogP contribution is 2.71. The summed E-state index contributed by atoms with van der Waals surface area (Å²) < 4.78 is 10.00. The van der Waals surface area contributed by atoms with E-state index in [1.54, 1.807) is 35.2 Å². The third-order valence-corrected chi connectivity index (χ3v) is 13.5. The molecule has 3 fully saturated rings. The maximum Gasteiger partial charge on any atom is 0.352 e. The van der Waals surface area contributed by atoms with Gasteiger partial charge in [-0.25, -0.2) is 23.5 Å². The zero-order valence-electron chi connectivity index (χ0n) is 29.3. The van der Waals surface area contributed by atoms with E-state index >= 15 is 4.79 Å². The summed E-state index contributed by atoms with van der Waals surface area (Å²) >= 11 is 0. The van der Waals surface area contributed by atoms with Crippen molar-refractivity contribution in [2.45, 2.75) is 123 Å². The first-order valence-corrected chi connectivity index (χ1v) is 17.9. The van der Waals surface area contributed by atoms with Crippen molar-refractivity contribution in [3.05, 3.63) is 51.3 Å². The van der Waals surface area contributed by atoms with Crippen LogP contribution in [-0.4, -0.2) is 48.8 Å². The number of nitrogens with zero attached hydrogens (tertiary/aromatic N) is 5. The number of hydrogen-bond donors (Lipinski definition) is 2. The fourth-order valence-electron chi connectivity index (χ4n) is 11.5. The minimum absolute atomic E-state index is 0.0979. The zero-order valence-corrected chi connectivity index (χ0v) is 29.3. The number of rotatable bonds is 9. The maximum absolute atomic E-state index is 15.0. The minimum atomic E-state index is -1.32. The molecule has 4 aliphatic rings. The van der Waals surface area contributed by atoms with Crippen molar-refractivity contribution in [3.63, 3.8) is 0 Å². The quantitative estimate of drug-likeness (QED) is 0.143. The minimum Gasteiger partial charge on any atom is -0.462 e. The molecule has 0 saturated heterocycles. The van der Waals surface area contributed by atoms with Gasteiger partial charge in [-0.1, -0.05) is 82.4 Å². The summed E-state index contributed by atoms with van der Waals surface area (Å²) in [6.45, 7) is 12.7. The second-order valence-electron chi connectivity index (χ2n) is 16.2. The summed E-state index contributed by atoms with van der Waals surface area (Å²) in [5, 5.41) is 28.1. The lowest BCUT2D eigenvalue weighted by atomic mass is 9.43. The summed E-state index contributed by atoms with van der Waals surface area (Å²) in [5.74, 6) is 0.752. The van der Waals surface area contributed by atoms with Gasteiger partial charge in [0.15, 0.2) is 0 Å². The van der Waals surface area contributed by atoms with Crippen LogP contribution < -0.4 is 11.4 Å². The lowest BCUT2D eigenvalue weighted by Crippen LogP contribution is -2.76. The normalized spacial score (nSPS) is 36.5. The van der Waals surface area contributed by atoms with E-state index in [1.807, 2.05) is 6.07 Å². The van der Waals surface area contributed by atoms with E-state index in [-0.39, 0.29) is 23.7 Å². The number of aromatic nitrogens is 3. The van der Waals surface area contributed by atoms with Gasteiger partial charge in [-0.3, -0.25) is 4.79 Å². The molecule has 1 aromatic heterocycles. The standard InChI is InChI=1S/C37H53N5O6/c1-24(2)11-10-12-25(3)29-15-16-30-34(29,5)19-18-31-35(6)20-17-28(48-26(4)43)21-36(35,22-38-46)41-32(44)40(27-13-8-7-9-14-27)33(45)42(41)37(30,31)23-39-47/h7-9,13-14,22-25,28-31,46-47H,10-12,15-21H2,1-6H3/t25-,28-,29+,30+,31+,34-,35-,36-,37-/m1/s1. The molecule has 2 N–H and O–H groups in total. The van der Waals surface area contributed by atoms with Gasteiger partial charge in [0.1, 0.15) is 17.2 Å². The predicted octanol–water partition coefficient (Wildman–Crippen LogP) is 6.15. The van der Waals surface area contributed by atoms with Gasteiger partial charge >= 0.3 is 17.3 Å². The van der Waals surface area contributed by atoms with Crippen LogP contribution in [0.15, 0.2) is 50.2 Å². The number of ether oxygens (including phenoxy) is 1. The van der Waals surface area contributed by atoms with Crippen molar-refractivity contribution in [1.82, 2.24) is 13.9 Å². The second-order valence-corrected chi connectivity index (χ2v) is 16.2. The Hall–Kier alpha value is -3.63. The van der Waals surface area contributed by atoms with Crippen molar-refractivity contribution in [1.29, 1.82) is 0 Å². The monoisotopic (exact) mass is 663 g/mol. The number of benzene rings is 1. The number of para-hydroxylation sites is 1. The Morgan fingerprint density at radius 3 is 2.27 bits per heavy atom. The van der Waals surface area contributed by atoms with Gasteiger partial charge in [0.25, 0.3) is 0 Å². The smallest absolute Gasteiger partial charge is 0.352 e. The number of esters is 1. The lowest BCUT2D eigenvalue weighted by molar-refractivity contribution is -0.181. The first kappa shape index (κ1) is 34.2. The molecule has 6 rings (SSSR count). The van der Waals surface area contributed by atoms with E-state index in [0.29, 0.717) is 36.3 Å². The molecule has 1 aromatic carbocycles. The molecule has 3 saturated carbocycles. The van der Waals surface area contributed by atoms with Gasteiger partial charge in [-0.2, -0.15) is 0 Å². The lowest BCUT2D eigenvalue weighted by Gasteiger charge is -2.67. The molecular formula is C37H53N5O6. The van der Waals surface area contributed by atoms with Crippen molar-refractivity contribution >= 4 is 18.4 Å². The SMILES string of the molecule is CC(=O)O[C@@H]1CC[C@]2(C)[C@@H]3CC[C@]4(C)[C@H]([C@H](C)CCCC(C)C)CC[C@@H]4[C@@]3(C=NO)n3c(=O)n(-c4ccccc4)c(=O)n3[C@@]2(C=NO)C1. The van der Waals surface area contributed by atoms with Gasteiger partial charge < -0.3 is 15.2 Å². The fraction of sp³-hybridized carbons (Fsp3) is 0.703. The first-order chi connectivity index (χ1) is 22.8. The van der Waals surface area contributed by atoms with Gasteiger partial charge in [0.05, 0.1) is 18.1 Å². The van der Waals surface area contributed by atoms with Crippen molar-refractivity contribution in [3.8, 4) is 5.69 Å². The summed E-state index contributed by atoms with van der Waals surface area (Å²) in [6, 6.07) is 8.84. The van der Waals surface area contributed by atoms with Crippen LogP contribution in [0.2, 0.25) is 0 Å². The molecule has 11 heteroatoms. The van der Waals surface area contributed by atoms with Crippen LogP contribution in [0.5, 0.6) is 0 Å². The Morgan fingerprint density at radius 2 is 1.62 bits per heavy atom. The van der Waals surface area contributed by atoms with E-state index in [2.05, 4.69) is 44.9 Å². The Labute approximate surface area is 282 Å². The molecule has 2 heterocycles. The van der Waals surface area contributed by atoms with Crippen molar-refractivity contribution in [2.75, 3.05) is 0 Å². The van der Waals surface area contributed by atoms with Crippen LogP contribution in [0.3, 0.4) is 0 Å². The molecule has 0 unspecified atom stereocenters. The van der Waals surface area contributed by atoms with Crippen LogP contribution in [0.1, 0.15) is 106 Å². The van der Waals surface area contributed by atoms with Crippen molar-refractivity contribution < 1.29 is 19.9 Å². The van der Waals surface area contributed by atoms with Gasteiger partial charge in [-0.15, -0.1) is 0 Å². The molecule has 0 amide bonds. The average molecular weight is 664 g/mol. The number of carbonyl (C=O) groups is 1. The molecule has 0 bridgehead atoms. The average Bonchev–Trinajstić information content (AvgIpc) is 3.52. The Balaban J connectivity index is 1.63. The first-order valence-electron chi connectivity index (χ1n) is 17.9. The third kappa shape index (κ3) is 4.76. The highest BCUT2D eigenvalue weighted by molar-refractivity contribution is 5.75. The number of hydrogen-bond acceptors (Lipinski definition) is 8. The molecule has 0 radical (unpaired) electrons. The fourth-order valence-corrected chi connectivity index (χ4v) is 11.5. The van der Waals surface area contributed by atoms with Gasteiger partial charge in [-0.05, 0) is 85.7 Å². The molecule has 48 heavy (non-hydrogen) atoms. The largest absolute Gasteiger partial charge is 0.462 e. The molecule has 262 valence electrons. The van der Waals surface area contributed by atoms with Gasteiger partial charge in [0.2, 0.25) is 0 Å². The molecule has 11 nitrogen and oxygen atoms in total. The summed E-state index contributed by atoms with van der Waals surface area (Å²) in [4.78, 5) is 42.2. The topological polar surface area (TPSA) is 140 Å². The van der Waals surface area contributed by atoms with Crippen LogP contribution in [-0.2, 0) is 20.6 Å². The number of oxime groups is 2. The van der Waals surface area contributed by atoms with Crippen LogP contribution in [0.4, 0.5) is 0 Å². The molecule has 2 aromatic rings. The molecular weight excluding hydrogens is 610 g/mol.